The lowest BCUT2D eigenvalue weighted by Gasteiger charge is -2.40. The maximum atomic E-state index is 12.5. The highest BCUT2D eigenvalue weighted by molar-refractivity contribution is 5.77. The predicted molar refractivity (Wildman–Crippen MR) is 100 cm³/mol. The second-order valence-electron chi connectivity index (χ2n) is 8.56. The standard InChI is InChI=1S/C21H25N3O4/c1-21(11-14-2-5-16-17(10-14)27-13-26-16)8-6-19(25)24(12-21)9-7-18-22-20(23-28-18)15-3-4-15/h2,5,10,15H,3-4,6-9,11-13H2,1H3/t21-/m0/s1. The maximum Gasteiger partial charge on any atom is 0.231 e. The number of ether oxygens (including phenoxy) is 2. The average Bonchev–Trinajstić information content (AvgIpc) is 3.24. The van der Waals surface area contributed by atoms with Gasteiger partial charge >= 0.3 is 0 Å². The van der Waals surface area contributed by atoms with E-state index in [4.69, 9.17) is 14.0 Å². The first kappa shape index (κ1) is 17.5. The van der Waals surface area contributed by atoms with Gasteiger partial charge in [-0.2, -0.15) is 4.98 Å². The summed E-state index contributed by atoms with van der Waals surface area (Å²) in [6, 6.07) is 6.13. The third-order valence-electron chi connectivity index (χ3n) is 5.96. The molecule has 0 bridgehead atoms. The lowest BCUT2D eigenvalue weighted by atomic mass is 9.76. The van der Waals surface area contributed by atoms with E-state index in [-0.39, 0.29) is 18.1 Å². The Morgan fingerprint density at radius 1 is 1.25 bits per heavy atom. The Labute approximate surface area is 164 Å². The first-order chi connectivity index (χ1) is 13.6. The van der Waals surface area contributed by atoms with E-state index < -0.39 is 0 Å². The van der Waals surface area contributed by atoms with Crippen molar-refractivity contribution < 1.29 is 18.8 Å². The van der Waals surface area contributed by atoms with E-state index in [1.165, 1.54) is 5.56 Å². The first-order valence-electron chi connectivity index (χ1n) is 10.1. The van der Waals surface area contributed by atoms with E-state index in [2.05, 4.69) is 29.2 Å². The van der Waals surface area contributed by atoms with E-state index in [1.54, 1.807) is 0 Å². The molecule has 3 heterocycles. The number of carbonyl (C=O) groups is 1. The first-order valence-corrected chi connectivity index (χ1v) is 10.1. The monoisotopic (exact) mass is 383 g/mol. The molecular formula is C21H25N3O4. The minimum absolute atomic E-state index is 0.0373. The molecule has 0 spiro atoms. The Morgan fingerprint density at radius 3 is 2.96 bits per heavy atom. The molecule has 2 aliphatic heterocycles. The van der Waals surface area contributed by atoms with E-state index in [0.717, 1.165) is 49.6 Å². The van der Waals surface area contributed by atoms with E-state index in [9.17, 15) is 4.79 Å². The zero-order valence-corrected chi connectivity index (χ0v) is 16.1. The fourth-order valence-electron chi connectivity index (χ4n) is 4.19. The van der Waals surface area contributed by atoms with Crippen LogP contribution in [0, 0.1) is 5.41 Å². The number of likely N-dealkylation sites (tertiary alicyclic amines) is 1. The molecule has 3 aliphatic rings. The molecule has 7 heteroatoms. The van der Waals surface area contributed by atoms with Gasteiger partial charge in [-0.15, -0.1) is 0 Å². The van der Waals surface area contributed by atoms with Crippen molar-refractivity contribution in [1.29, 1.82) is 0 Å². The van der Waals surface area contributed by atoms with Crippen LogP contribution in [-0.4, -0.2) is 40.8 Å². The number of hydrogen-bond donors (Lipinski definition) is 0. The van der Waals surface area contributed by atoms with Gasteiger partial charge in [-0.1, -0.05) is 18.1 Å². The van der Waals surface area contributed by atoms with Crippen LogP contribution in [0.3, 0.4) is 0 Å². The molecular weight excluding hydrogens is 358 g/mol. The molecule has 1 atom stereocenters. The van der Waals surface area contributed by atoms with Crippen LogP contribution in [0.5, 0.6) is 11.5 Å². The number of piperidine rings is 1. The SMILES string of the molecule is C[C@@]1(Cc2ccc3c(c2)OCO3)CCC(=O)N(CCc2nc(C3CC3)no2)C1. The van der Waals surface area contributed by atoms with Gasteiger partial charge in [0.2, 0.25) is 18.6 Å². The van der Waals surface area contributed by atoms with Crippen LogP contribution in [0.4, 0.5) is 0 Å². The van der Waals surface area contributed by atoms with Crippen molar-refractivity contribution in [1.82, 2.24) is 15.0 Å². The average molecular weight is 383 g/mol. The molecule has 148 valence electrons. The number of rotatable bonds is 6. The van der Waals surface area contributed by atoms with Crippen LogP contribution in [0.15, 0.2) is 22.7 Å². The minimum atomic E-state index is 0.0373. The quantitative estimate of drug-likeness (QED) is 0.763. The lowest BCUT2D eigenvalue weighted by Crippen LogP contribution is -2.46. The maximum absolute atomic E-state index is 12.5. The van der Waals surface area contributed by atoms with Gasteiger partial charge in [0.05, 0.1) is 0 Å². The summed E-state index contributed by atoms with van der Waals surface area (Å²) >= 11 is 0. The second kappa shape index (κ2) is 6.79. The Hall–Kier alpha value is -2.57. The van der Waals surface area contributed by atoms with Crippen LogP contribution in [0.1, 0.15) is 55.8 Å². The Morgan fingerprint density at radius 2 is 2.11 bits per heavy atom. The number of carbonyl (C=O) groups excluding carboxylic acids is 1. The Balaban J connectivity index is 1.22. The molecule has 0 unspecified atom stereocenters. The summed E-state index contributed by atoms with van der Waals surface area (Å²) in [7, 11) is 0. The highest BCUT2D eigenvalue weighted by Crippen LogP contribution is 2.39. The van der Waals surface area contributed by atoms with Gasteiger partial charge in [-0.3, -0.25) is 4.79 Å². The molecule has 1 saturated carbocycles. The van der Waals surface area contributed by atoms with Crippen molar-refractivity contribution in [3.8, 4) is 11.5 Å². The zero-order chi connectivity index (χ0) is 19.1. The van der Waals surface area contributed by atoms with Gasteiger partial charge in [-0.25, -0.2) is 0 Å². The minimum Gasteiger partial charge on any atom is -0.454 e. The number of benzene rings is 1. The largest absolute Gasteiger partial charge is 0.454 e. The van der Waals surface area contributed by atoms with Crippen LogP contribution in [0.2, 0.25) is 0 Å². The van der Waals surface area contributed by atoms with Gasteiger partial charge in [-0.05, 0) is 48.8 Å². The third kappa shape index (κ3) is 3.57. The predicted octanol–water partition coefficient (Wildman–Crippen LogP) is 3.09. The number of hydrogen-bond acceptors (Lipinski definition) is 6. The summed E-state index contributed by atoms with van der Waals surface area (Å²) in [6.45, 7) is 3.91. The highest BCUT2D eigenvalue weighted by atomic mass is 16.7. The van der Waals surface area contributed by atoms with Gasteiger partial charge in [0.25, 0.3) is 0 Å². The molecule has 5 rings (SSSR count). The molecule has 1 amide bonds. The molecule has 1 saturated heterocycles. The molecule has 28 heavy (non-hydrogen) atoms. The molecule has 1 aromatic heterocycles. The van der Waals surface area contributed by atoms with Crippen LogP contribution in [-0.2, 0) is 17.6 Å². The number of fused-ring (bicyclic) bond motifs is 1. The summed E-state index contributed by atoms with van der Waals surface area (Å²) in [6.07, 6.45) is 5.30. The molecule has 0 radical (unpaired) electrons. The van der Waals surface area contributed by atoms with Crippen molar-refractivity contribution >= 4 is 5.91 Å². The highest BCUT2D eigenvalue weighted by Gasteiger charge is 2.35. The van der Waals surface area contributed by atoms with Crippen LogP contribution >= 0.6 is 0 Å². The summed E-state index contributed by atoms with van der Waals surface area (Å²) in [5.41, 5.74) is 1.25. The van der Waals surface area contributed by atoms with Crippen LogP contribution in [0.25, 0.3) is 0 Å². The number of nitrogens with zero attached hydrogens (tertiary/aromatic N) is 3. The van der Waals surface area contributed by atoms with Gasteiger partial charge in [0, 0.05) is 31.8 Å². The molecule has 2 fully saturated rings. The van der Waals surface area contributed by atoms with Crippen molar-refractivity contribution in [2.24, 2.45) is 5.41 Å². The Bertz CT molecular complexity index is 892. The van der Waals surface area contributed by atoms with E-state index in [1.807, 2.05) is 11.0 Å². The van der Waals surface area contributed by atoms with Crippen molar-refractivity contribution in [2.45, 2.75) is 51.4 Å². The lowest BCUT2D eigenvalue weighted by molar-refractivity contribution is -0.137. The second-order valence-corrected chi connectivity index (χ2v) is 8.56. The van der Waals surface area contributed by atoms with E-state index >= 15 is 0 Å². The Kier molecular flexibility index (Phi) is 4.25. The summed E-state index contributed by atoms with van der Waals surface area (Å²) in [5.74, 6) is 3.78. The molecule has 1 aliphatic carbocycles. The smallest absolute Gasteiger partial charge is 0.231 e. The fourth-order valence-corrected chi connectivity index (χ4v) is 4.19. The number of aromatic nitrogens is 2. The van der Waals surface area contributed by atoms with Crippen molar-refractivity contribution in [3.63, 3.8) is 0 Å². The molecule has 2 aromatic rings. The van der Waals surface area contributed by atoms with Crippen molar-refractivity contribution in [2.75, 3.05) is 19.9 Å². The van der Waals surface area contributed by atoms with Crippen molar-refractivity contribution in [3.05, 3.63) is 35.5 Å². The third-order valence-corrected chi connectivity index (χ3v) is 5.96. The van der Waals surface area contributed by atoms with E-state index in [0.29, 0.717) is 31.2 Å². The molecule has 0 N–H and O–H groups in total. The molecule has 1 aromatic carbocycles. The fraction of sp³-hybridized carbons (Fsp3) is 0.571. The normalized spacial score (nSPS) is 24.0. The summed E-state index contributed by atoms with van der Waals surface area (Å²) in [4.78, 5) is 18.9. The number of amides is 1. The van der Waals surface area contributed by atoms with Gasteiger partial charge in [0.15, 0.2) is 17.3 Å². The summed E-state index contributed by atoms with van der Waals surface area (Å²) in [5, 5.41) is 4.06. The summed E-state index contributed by atoms with van der Waals surface area (Å²) < 4.78 is 16.3. The van der Waals surface area contributed by atoms with Crippen LogP contribution < -0.4 is 9.47 Å². The van der Waals surface area contributed by atoms with Gasteiger partial charge < -0.3 is 18.9 Å². The molecule has 7 nitrogen and oxygen atoms in total. The van der Waals surface area contributed by atoms with Gasteiger partial charge in [0.1, 0.15) is 0 Å². The topological polar surface area (TPSA) is 77.7 Å². The zero-order valence-electron chi connectivity index (χ0n) is 16.1.